The fourth-order valence-corrected chi connectivity index (χ4v) is 3.22. The van der Waals surface area contributed by atoms with Crippen molar-refractivity contribution in [3.8, 4) is 5.75 Å². The predicted molar refractivity (Wildman–Crippen MR) is 122 cm³/mol. The van der Waals surface area contributed by atoms with Gasteiger partial charge in [-0.1, -0.05) is 17.7 Å². The van der Waals surface area contributed by atoms with E-state index in [4.69, 9.17) is 26.8 Å². The minimum absolute atomic E-state index is 0.000954. The molecule has 170 valence electrons. The number of ether oxygens (including phenoxy) is 2. The van der Waals surface area contributed by atoms with Crippen molar-refractivity contribution in [2.75, 3.05) is 19.0 Å². The second-order valence-corrected chi connectivity index (χ2v) is 7.76. The highest BCUT2D eigenvalue weighted by Crippen LogP contribution is 2.31. The summed E-state index contributed by atoms with van der Waals surface area (Å²) in [5, 5.41) is 6.71. The molecule has 1 aromatic heterocycles. The molecule has 10 heteroatoms. The molecule has 0 aliphatic rings. The van der Waals surface area contributed by atoms with Crippen molar-refractivity contribution in [2.24, 2.45) is 5.73 Å². The van der Waals surface area contributed by atoms with Gasteiger partial charge in [0.05, 0.1) is 36.0 Å². The van der Waals surface area contributed by atoms with Gasteiger partial charge in [0.2, 0.25) is 5.91 Å². The highest BCUT2D eigenvalue weighted by Gasteiger charge is 2.18. The van der Waals surface area contributed by atoms with Crippen LogP contribution < -0.4 is 21.1 Å². The average Bonchev–Trinajstić information content (AvgIpc) is 2.76. The van der Waals surface area contributed by atoms with Crippen LogP contribution in [-0.2, 0) is 16.1 Å². The lowest BCUT2D eigenvalue weighted by molar-refractivity contribution is -0.122. The number of nitrogens with zero attached hydrogens (tertiary/aromatic N) is 2. The first-order valence-corrected chi connectivity index (χ1v) is 10.3. The Kier molecular flexibility index (Phi) is 7.79. The molecule has 0 bridgehead atoms. The standard InChI is InChI=1S/C22H25ClFN5O3/c1-12(2)32-10-18(21(25)30)26-9-13-7-14-17(8-19(13)31-3)27-11-28-22(14)29-16-6-4-5-15(23)20(16)24/h4-8,11-12,18,26H,9-10H2,1-3H3,(H2,25,30)(H,27,28,29). The van der Waals surface area contributed by atoms with E-state index in [1.165, 1.54) is 12.4 Å². The van der Waals surface area contributed by atoms with Gasteiger partial charge >= 0.3 is 0 Å². The van der Waals surface area contributed by atoms with Crippen LogP contribution in [0.5, 0.6) is 5.75 Å². The maximum Gasteiger partial charge on any atom is 0.236 e. The Bertz CT molecular complexity index is 1110. The number of hydrogen-bond donors (Lipinski definition) is 3. The zero-order valence-corrected chi connectivity index (χ0v) is 18.7. The highest BCUT2D eigenvalue weighted by atomic mass is 35.5. The molecule has 0 aliphatic heterocycles. The molecule has 3 rings (SSSR count). The first kappa shape index (κ1) is 23.6. The Labute approximate surface area is 190 Å². The molecule has 32 heavy (non-hydrogen) atoms. The fraction of sp³-hybridized carbons (Fsp3) is 0.318. The molecule has 1 heterocycles. The molecule has 4 N–H and O–H groups in total. The molecule has 0 saturated carbocycles. The van der Waals surface area contributed by atoms with E-state index in [1.807, 2.05) is 19.9 Å². The largest absolute Gasteiger partial charge is 0.496 e. The molecular weight excluding hydrogens is 437 g/mol. The van der Waals surface area contributed by atoms with Crippen molar-refractivity contribution in [2.45, 2.75) is 32.5 Å². The number of nitrogens with one attached hydrogen (secondary N) is 2. The van der Waals surface area contributed by atoms with Gasteiger partial charge in [0, 0.05) is 23.6 Å². The second-order valence-electron chi connectivity index (χ2n) is 7.35. The Morgan fingerprint density at radius 1 is 1.28 bits per heavy atom. The van der Waals surface area contributed by atoms with Crippen molar-refractivity contribution in [3.05, 3.63) is 53.1 Å². The summed E-state index contributed by atoms with van der Waals surface area (Å²) in [5.41, 5.74) is 7.02. The maximum atomic E-state index is 14.4. The molecule has 2 aromatic carbocycles. The summed E-state index contributed by atoms with van der Waals surface area (Å²) in [4.78, 5) is 20.3. The van der Waals surface area contributed by atoms with Crippen molar-refractivity contribution < 1.29 is 18.7 Å². The van der Waals surface area contributed by atoms with Gasteiger partial charge in [0.15, 0.2) is 5.82 Å². The molecule has 0 saturated heterocycles. The van der Waals surface area contributed by atoms with Gasteiger partial charge in [-0.05, 0) is 32.0 Å². The molecule has 1 unspecified atom stereocenters. The third kappa shape index (κ3) is 5.61. The summed E-state index contributed by atoms with van der Waals surface area (Å²) in [5.74, 6) is -0.135. The lowest BCUT2D eigenvalue weighted by Crippen LogP contribution is -2.44. The van der Waals surface area contributed by atoms with Gasteiger partial charge < -0.3 is 20.5 Å². The summed E-state index contributed by atoms with van der Waals surface area (Å²) in [7, 11) is 1.54. The van der Waals surface area contributed by atoms with Crippen molar-refractivity contribution in [3.63, 3.8) is 0 Å². The predicted octanol–water partition coefficient (Wildman–Crippen LogP) is 3.54. The summed E-state index contributed by atoms with van der Waals surface area (Å²) in [6.45, 7) is 4.17. The van der Waals surface area contributed by atoms with Crippen LogP contribution in [0.4, 0.5) is 15.9 Å². The number of halogens is 2. The third-order valence-electron chi connectivity index (χ3n) is 4.72. The van der Waals surface area contributed by atoms with Crippen LogP contribution in [0.25, 0.3) is 10.9 Å². The molecule has 0 radical (unpaired) electrons. The molecule has 1 atom stereocenters. The monoisotopic (exact) mass is 461 g/mol. The van der Waals surface area contributed by atoms with E-state index >= 15 is 0 Å². The number of amides is 1. The van der Waals surface area contributed by atoms with Crippen LogP contribution >= 0.6 is 11.6 Å². The van der Waals surface area contributed by atoms with E-state index in [0.717, 1.165) is 5.56 Å². The Balaban J connectivity index is 1.92. The van der Waals surface area contributed by atoms with Crippen LogP contribution in [0, 0.1) is 5.82 Å². The van der Waals surface area contributed by atoms with Gasteiger partial charge in [-0.3, -0.25) is 10.1 Å². The van der Waals surface area contributed by atoms with Crippen LogP contribution in [0.15, 0.2) is 36.7 Å². The first-order valence-electron chi connectivity index (χ1n) is 9.97. The third-order valence-corrected chi connectivity index (χ3v) is 5.01. The van der Waals surface area contributed by atoms with E-state index < -0.39 is 17.8 Å². The van der Waals surface area contributed by atoms with Gasteiger partial charge in [0.25, 0.3) is 0 Å². The Morgan fingerprint density at radius 3 is 2.75 bits per heavy atom. The van der Waals surface area contributed by atoms with Crippen molar-refractivity contribution in [1.82, 2.24) is 15.3 Å². The van der Waals surface area contributed by atoms with Gasteiger partial charge in [0.1, 0.15) is 23.9 Å². The molecule has 1 amide bonds. The smallest absolute Gasteiger partial charge is 0.236 e. The summed E-state index contributed by atoms with van der Waals surface area (Å²) >= 11 is 5.88. The summed E-state index contributed by atoms with van der Waals surface area (Å²) in [6, 6.07) is 7.55. The van der Waals surface area contributed by atoms with Gasteiger partial charge in [-0.15, -0.1) is 0 Å². The number of rotatable bonds is 10. The summed E-state index contributed by atoms with van der Waals surface area (Å²) < 4.78 is 25.4. The second kappa shape index (κ2) is 10.5. The van der Waals surface area contributed by atoms with E-state index in [2.05, 4.69) is 20.6 Å². The molecule has 8 nitrogen and oxygen atoms in total. The Morgan fingerprint density at radius 2 is 2.06 bits per heavy atom. The lowest BCUT2D eigenvalue weighted by Gasteiger charge is -2.19. The van der Waals surface area contributed by atoms with Crippen molar-refractivity contribution in [1.29, 1.82) is 0 Å². The maximum absolute atomic E-state index is 14.4. The van der Waals surface area contributed by atoms with Crippen LogP contribution in [0.3, 0.4) is 0 Å². The zero-order chi connectivity index (χ0) is 23.3. The Hall–Kier alpha value is -3.01. The quantitative estimate of drug-likeness (QED) is 0.423. The minimum atomic E-state index is -0.678. The number of nitrogens with two attached hydrogens (primary N) is 1. The van der Waals surface area contributed by atoms with E-state index in [1.54, 1.807) is 25.3 Å². The number of methoxy groups -OCH3 is 1. The normalized spacial score (nSPS) is 12.2. The van der Waals surface area contributed by atoms with Gasteiger partial charge in [-0.2, -0.15) is 0 Å². The number of benzene rings is 2. The molecule has 0 fully saturated rings. The number of fused-ring (bicyclic) bond motifs is 1. The highest BCUT2D eigenvalue weighted by molar-refractivity contribution is 6.31. The number of carbonyl (C=O) groups is 1. The van der Waals surface area contributed by atoms with E-state index in [-0.39, 0.29) is 30.0 Å². The van der Waals surface area contributed by atoms with Crippen LogP contribution in [-0.4, -0.2) is 41.7 Å². The topological polar surface area (TPSA) is 111 Å². The number of anilines is 2. The fourth-order valence-electron chi connectivity index (χ4n) is 3.05. The summed E-state index contributed by atoms with van der Waals surface area (Å²) in [6.07, 6.45) is 1.34. The zero-order valence-electron chi connectivity index (χ0n) is 18.0. The van der Waals surface area contributed by atoms with Crippen LogP contribution in [0.2, 0.25) is 5.02 Å². The molecule has 0 spiro atoms. The molecular formula is C22H25ClFN5O3. The van der Waals surface area contributed by atoms with Gasteiger partial charge in [-0.25, -0.2) is 14.4 Å². The average molecular weight is 462 g/mol. The number of carbonyl (C=O) groups excluding carboxylic acids is 1. The molecule has 0 aliphatic carbocycles. The molecule has 3 aromatic rings. The van der Waals surface area contributed by atoms with Crippen molar-refractivity contribution >= 4 is 39.9 Å². The number of aromatic nitrogens is 2. The first-order chi connectivity index (χ1) is 15.3. The van der Waals surface area contributed by atoms with E-state index in [0.29, 0.717) is 22.5 Å². The van der Waals surface area contributed by atoms with Crippen LogP contribution in [0.1, 0.15) is 19.4 Å². The minimum Gasteiger partial charge on any atom is -0.496 e. The van der Waals surface area contributed by atoms with E-state index in [9.17, 15) is 9.18 Å². The lowest BCUT2D eigenvalue weighted by atomic mass is 10.1. The SMILES string of the molecule is COc1cc2ncnc(Nc3cccc(Cl)c3F)c2cc1CNC(COC(C)C)C(N)=O. The number of hydrogen-bond acceptors (Lipinski definition) is 7. The number of primary amides is 1.